The molecule has 0 bridgehead atoms. The third-order valence-electron chi connectivity index (χ3n) is 3.85. The molecule has 0 aromatic carbocycles. The summed E-state index contributed by atoms with van der Waals surface area (Å²) in [5, 5.41) is 0. The summed E-state index contributed by atoms with van der Waals surface area (Å²) in [5.41, 5.74) is 0.357. The molecule has 0 radical (unpaired) electrons. The van der Waals surface area contributed by atoms with Gasteiger partial charge in [-0.25, -0.2) is 0 Å². The summed E-state index contributed by atoms with van der Waals surface area (Å²) >= 11 is 0. The van der Waals surface area contributed by atoms with Crippen molar-refractivity contribution in [2.45, 2.75) is 53.9 Å². The molecule has 2 heteroatoms. The molecule has 2 nitrogen and oxygen atoms in total. The van der Waals surface area contributed by atoms with Crippen molar-refractivity contribution in [1.29, 1.82) is 0 Å². The van der Waals surface area contributed by atoms with Crippen molar-refractivity contribution in [3.63, 3.8) is 0 Å². The molecule has 100 valence electrons. The highest BCUT2D eigenvalue weighted by Gasteiger charge is 2.34. The molecule has 1 fully saturated rings. The quantitative estimate of drug-likeness (QED) is 0.733. The molecular weight excluding hydrogens is 210 g/mol. The standard InChI is InChI=1S/C15H29NO/c1-6-16(10-12(2)3)11-13-9-15(4,5)8-7-14(13)17/h12-13H,6-11H2,1-5H3. The minimum Gasteiger partial charge on any atom is -0.303 e. The Morgan fingerprint density at radius 1 is 1.41 bits per heavy atom. The molecule has 1 saturated carbocycles. The second kappa shape index (κ2) is 5.99. The fourth-order valence-corrected chi connectivity index (χ4v) is 2.88. The molecule has 0 amide bonds. The van der Waals surface area contributed by atoms with E-state index in [1.54, 1.807) is 0 Å². The zero-order valence-corrected chi connectivity index (χ0v) is 12.3. The smallest absolute Gasteiger partial charge is 0.137 e. The van der Waals surface area contributed by atoms with Crippen LogP contribution in [0.2, 0.25) is 0 Å². The minimum absolute atomic E-state index is 0.275. The van der Waals surface area contributed by atoms with Gasteiger partial charge in [-0.3, -0.25) is 4.79 Å². The number of carbonyl (C=O) groups is 1. The first-order valence-electron chi connectivity index (χ1n) is 7.09. The van der Waals surface area contributed by atoms with E-state index in [2.05, 4.69) is 39.5 Å². The van der Waals surface area contributed by atoms with Gasteiger partial charge in [0.1, 0.15) is 5.78 Å². The molecule has 0 spiro atoms. The molecule has 1 atom stereocenters. The van der Waals surface area contributed by atoms with Gasteiger partial charge in [0, 0.05) is 25.4 Å². The maximum Gasteiger partial charge on any atom is 0.137 e. The van der Waals surface area contributed by atoms with Crippen LogP contribution in [0.5, 0.6) is 0 Å². The normalized spacial score (nSPS) is 24.6. The summed E-state index contributed by atoms with van der Waals surface area (Å²) in [6.07, 6.45) is 2.93. The summed E-state index contributed by atoms with van der Waals surface area (Å²) < 4.78 is 0. The van der Waals surface area contributed by atoms with Gasteiger partial charge in [-0.05, 0) is 30.7 Å². The molecule has 0 aromatic rings. The van der Waals surface area contributed by atoms with Crippen molar-refractivity contribution in [3.8, 4) is 0 Å². The summed E-state index contributed by atoms with van der Waals surface area (Å²) in [6, 6.07) is 0. The maximum atomic E-state index is 12.0. The summed E-state index contributed by atoms with van der Waals surface area (Å²) in [7, 11) is 0. The number of hydrogen-bond donors (Lipinski definition) is 0. The number of hydrogen-bond acceptors (Lipinski definition) is 2. The molecule has 1 rings (SSSR count). The molecule has 1 aliphatic carbocycles. The zero-order chi connectivity index (χ0) is 13.1. The SMILES string of the molecule is CCN(CC(C)C)CC1CC(C)(C)CCC1=O. The molecule has 0 heterocycles. The van der Waals surface area contributed by atoms with Gasteiger partial charge in [0.15, 0.2) is 0 Å². The first kappa shape index (κ1) is 14.7. The van der Waals surface area contributed by atoms with Crippen LogP contribution in [-0.4, -0.2) is 30.3 Å². The van der Waals surface area contributed by atoms with Crippen molar-refractivity contribution in [2.24, 2.45) is 17.3 Å². The molecule has 0 aromatic heterocycles. The lowest BCUT2D eigenvalue weighted by atomic mass is 9.71. The molecule has 1 unspecified atom stereocenters. The number of rotatable bonds is 5. The van der Waals surface area contributed by atoms with E-state index in [4.69, 9.17) is 0 Å². The fraction of sp³-hybridized carbons (Fsp3) is 0.933. The predicted molar refractivity (Wildman–Crippen MR) is 73.1 cm³/mol. The molecule has 17 heavy (non-hydrogen) atoms. The lowest BCUT2D eigenvalue weighted by molar-refractivity contribution is -0.127. The number of ketones is 1. The van der Waals surface area contributed by atoms with Crippen LogP contribution in [0.4, 0.5) is 0 Å². The summed E-state index contributed by atoms with van der Waals surface area (Å²) in [6.45, 7) is 14.4. The van der Waals surface area contributed by atoms with Gasteiger partial charge < -0.3 is 4.90 Å². The van der Waals surface area contributed by atoms with E-state index >= 15 is 0 Å². The Bertz CT molecular complexity index is 258. The fourth-order valence-electron chi connectivity index (χ4n) is 2.88. The first-order valence-corrected chi connectivity index (χ1v) is 7.09. The van der Waals surface area contributed by atoms with E-state index in [1.165, 1.54) is 0 Å². The lowest BCUT2D eigenvalue weighted by Crippen LogP contribution is -2.40. The summed E-state index contributed by atoms with van der Waals surface area (Å²) in [5.74, 6) is 1.45. The number of carbonyl (C=O) groups excluding carboxylic acids is 1. The average Bonchev–Trinajstić information content (AvgIpc) is 2.21. The molecule has 1 aliphatic rings. The third kappa shape index (κ3) is 4.79. The largest absolute Gasteiger partial charge is 0.303 e. The van der Waals surface area contributed by atoms with Crippen molar-refractivity contribution < 1.29 is 4.79 Å². The second-order valence-electron chi connectivity index (χ2n) is 6.78. The van der Waals surface area contributed by atoms with Crippen LogP contribution in [-0.2, 0) is 4.79 Å². The minimum atomic E-state index is 0.275. The van der Waals surface area contributed by atoms with Crippen molar-refractivity contribution in [1.82, 2.24) is 4.90 Å². The Balaban J connectivity index is 2.55. The van der Waals surface area contributed by atoms with Crippen molar-refractivity contribution in [2.75, 3.05) is 19.6 Å². The topological polar surface area (TPSA) is 20.3 Å². The van der Waals surface area contributed by atoms with Crippen LogP contribution in [0.15, 0.2) is 0 Å². The van der Waals surface area contributed by atoms with E-state index < -0.39 is 0 Å². The van der Waals surface area contributed by atoms with Crippen molar-refractivity contribution in [3.05, 3.63) is 0 Å². The summed E-state index contributed by atoms with van der Waals surface area (Å²) in [4.78, 5) is 14.4. The van der Waals surface area contributed by atoms with Crippen LogP contribution < -0.4 is 0 Å². The first-order chi connectivity index (χ1) is 7.84. The van der Waals surface area contributed by atoms with Gasteiger partial charge in [-0.2, -0.15) is 0 Å². The van der Waals surface area contributed by atoms with Crippen LogP contribution >= 0.6 is 0 Å². The monoisotopic (exact) mass is 239 g/mol. The van der Waals surface area contributed by atoms with E-state index in [0.29, 0.717) is 17.1 Å². The predicted octanol–water partition coefficient (Wildman–Crippen LogP) is 3.36. The van der Waals surface area contributed by atoms with Gasteiger partial charge >= 0.3 is 0 Å². The molecule has 0 N–H and O–H groups in total. The van der Waals surface area contributed by atoms with Crippen LogP contribution in [0.3, 0.4) is 0 Å². The zero-order valence-electron chi connectivity index (χ0n) is 12.3. The Kier molecular flexibility index (Phi) is 5.18. The Hall–Kier alpha value is -0.370. The lowest BCUT2D eigenvalue weighted by Gasteiger charge is -2.37. The highest BCUT2D eigenvalue weighted by Crippen LogP contribution is 2.37. The van der Waals surface area contributed by atoms with Crippen LogP contribution in [0.25, 0.3) is 0 Å². The van der Waals surface area contributed by atoms with Gasteiger partial charge in [0.25, 0.3) is 0 Å². The second-order valence-corrected chi connectivity index (χ2v) is 6.78. The third-order valence-corrected chi connectivity index (χ3v) is 3.85. The Morgan fingerprint density at radius 3 is 2.59 bits per heavy atom. The average molecular weight is 239 g/mol. The van der Waals surface area contributed by atoms with Gasteiger partial charge in [-0.15, -0.1) is 0 Å². The van der Waals surface area contributed by atoms with E-state index in [1.807, 2.05) is 0 Å². The van der Waals surface area contributed by atoms with Crippen LogP contribution in [0, 0.1) is 17.3 Å². The van der Waals surface area contributed by atoms with E-state index in [9.17, 15) is 4.79 Å². The number of Topliss-reactive ketones (excluding diaryl/α,β-unsaturated/α-hetero) is 1. The number of nitrogens with zero attached hydrogens (tertiary/aromatic N) is 1. The van der Waals surface area contributed by atoms with Gasteiger partial charge in [0.2, 0.25) is 0 Å². The Labute approximate surface area is 107 Å². The highest BCUT2D eigenvalue weighted by atomic mass is 16.1. The van der Waals surface area contributed by atoms with E-state index in [0.717, 1.165) is 38.9 Å². The van der Waals surface area contributed by atoms with E-state index in [-0.39, 0.29) is 5.92 Å². The highest BCUT2D eigenvalue weighted by molar-refractivity contribution is 5.82. The molecular formula is C15H29NO. The van der Waals surface area contributed by atoms with Gasteiger partial charge in [0.05, 0.1) is 0 Å². The molecule has 0 aliphatic heterocycles. The van der Waals surface area contributed by atoms with Gasteiger partial charge in [-0.1, -0.05) is 34.6 Å². The maximum absolute atomic E-state index is 12.0. The van der Waals surface area contributed by atoms with Crippen LogP contribution in [0.1, 0.15) is 53.9 Å². The van der Waals surface area contributed by atoms with Crippen molar-refractivity contribution >= 4 is 5.78 Å². The molecule has 0 saturated heterocycles. The Morgan fingerprint density at radius 2 is 2.06 bits per heavy atom.